The molecule has 0 atom stereocenters. The van der Waals surface area contributed by atoms with E-state index in [1.165, 1.54) is 34.0 Å². The molecule has 6 rings (SSSR count). The summed E-state index contributed by atoms with van der Waals surface area (Å²) in [6, 6.07) is 0. The van der Waals surface area contributed by atoms with Crippen molar-refractivity contribution in [1.29, 1.82) is 0 Å². The molecule has 2 radical (unpaired) electrons. The first-order valence-corrected chi connectivity index (χ1v) is 27.4. The Morgan fingerprint density at radius 2 is 0.375 bits per heavy atom. The quantitative estimate of drug-likeness (QED) is 0.274. The van der Waals surface area contributed by atoms with Gasteiger partial charge in [-0.1, -0.05) is 38.5 Å². The van der Waals surface area contributed by atoms with Crippen LogP contribution in [0.4, 0.5) is 0 Å². The molecule has 2 N–H and O–H groups in total. The van der Waals surface area contributed by atoms with Crippen LogP contribution in [0.5, 0.6) is 0 Å². The van der Waals surface area contributed by atoms with Gasteiger partial charge in [-0.05, 0) is 182 Å². The molecule has 0 bridgehead atoms. The topological polar surface area (TPSA) is 247 Å². The van der Waals surface area contributed by atoms with E-state index in [9.17, 15) is 0 Å². The van der Waals surface area contributed by atoms with Crippen LogP contribution in [0.25, 0.3) is 0 Å². The number of hydrogen-bond acceptors (Lipinski definition) is 12. The summed E-state index contributed by atoms with van der Waals surface area (Å²) >= 11 is 0. The minimum absolute atomic E-state index is 0. The number of rotatable bonds is 6. The van der Waals surface area contributed by atoms with Crippen molar-refractivity contribution in [1.82, 2.24) is 0 Å². The van der Waals surface area contributed by atoms with E-state index in [-0.39, 0.29) is 54.8 Å². The van der Waals surface area contributed by atoms with Crippen molar-refractivity contribution in [2.45, 2.75) is 254 Å². The van der Waals surface area contributed by atoms with Gasteiger partial charge in [0.2, 0.25) is 0 Å². The second-order valence-electron chi connectivity index (χ2n) is 17.0. The normalized spacial score (nSPS) is 19.1. The van der Waals surface area contributed by atoms with Gasteiger partial charge in [0.15, 0.2) is 0 Å². The molecule has 0 aromatic heterocycles. The zero-order chi connectivity index (χ0) is 48.1. The molecule has 6 saturated carbocycles. The summed E-state index contributed by atoms with van der Waals surface area (Å²) in [5.74, 6) is -4.33. The van der Waals surface area contributed by atoms with Crippen LogP contribution in [-0.2, 0) is 58.1 Å². The molecular weight excluding hydrogens is 1030 g/mol. The molecule has 16 heteroatoms. The van der Waals surface area contributed by atoms with E-state index in [1.54, 1.807) is 193 Å². The van der Waals surface area contributed by atoms with Crippen LogP contribution in [0, 0.1) is 0 Å². The van der Waals surface area contributed by atoms with E-state index in [0.29, 0.717) is 0 Å². The molecule has 0 heterocycles. The third-order valence-corrected chi connectivity index (χ3v) is 21.6. The van der Waals surface area contributed by atoms with Gasteiger partial charge in [0.1, 0.15) is 0 Å². The van der Waals surface area contributed by atoms with E-state index in [4.69, 9.17) is 60.0 Å². The average molecular weight is 1130 g/mol. The summed E-state index contributed by atoms with van der Waals surface area (Å²) in [5.41, 5.74) is 7.36. The molecule has 0 unspecified atom stereocenters. The van der Waals surface area contributed by atoms with E-state index < -0.39 is 23.9 Å². The van der Waals surface area contributed by atoms with Crippen molar-refractivity contribution in [2.75, 3.05) is 28.4 Å². The minimum atomic E-state index is -1.08. The van der Waals surface area contributed by atoms with Crippen molar-refractivity contribution >= 4 is 39.7 Å². The zero-order valence-electron chi connectivity index (χ0n) is 41.4. The van der Waals surface area contributed by atoms with Gasteiger partial charge in [-0.25, -0.2) is 0 Å². The van der Waals surface area contributed by atoms with Gasteiger partial charge in [0, 0.05) is 53.9 Å². The first-order chi connectivity index (χ1) is 29.8. The maximum atomic E-state index is 8.89. The standard InChI is InChI=1S/2C18H33P.4C2H4O2.2CH4O.2CH3O.2Ru/c2*1-4-10-16(11-5-1)19(17-12-6-2-7-13-17)18-14-8-3-9-15-18;4*1-2(3)4;4*1-2;;/h2*16-18H,1-15H2;4*1H3,(H,3,4);2*2H,1H3;2*1H3;;/q;;;;;;;;2*-1;2*+3/p-2. The molecular formula is C48H94O12P2Ru2+2. The van der Waals surface area contributed by atoms with E-state index >= 15 is 0 Å². The number of carboxylic acid groups (broad SMARTS) is 4. The van der Waals surface area contributed by atoms with Crippen LogP contribution in [0.2, 0.25) is 0 Å². The molecule has 6 aliphatic rings. The smallest absolute Gasteiger partial charge is 0.857 e. The fourth-order valence-corrected chi connectivity index (χ4v) is 21.1. The van der Waals surface area contributed by atoms with Gasteiger partial charge in [0.25, 0.3) is 0 Å². The molecule has 0 amide bonds. The van der Waals surface area contributed by atoms with E-state index in [0.717, 1.165) is 56.1 Å². The summed E-state index contributed by atoms with van der Waals surface area (Å²) in [6.07, 6.45) is 47.6. The van der Waals surface area contributed by atoms with Crippen molar-refractivity contribution in [3.8, 4) is 0 Å². The Morgan fingerprint density at radius 1 is 0.297 bits per heavy atom. The van der Waals surface area contributed by atoms with Gasteiger partial charge in [-0.15, -0.1) is 0 Å². The molecule has 0 aromatic carbocycles. The number of aliphatic hydroxyl groups is 2. The van der Waals surface area contributed by atoms with Gasteiger partial charge >= 0.3 is 39.0 Å². The van der Waals surface area contributed by atoms with Crippen LogP contribution in [0.15, 0.2) is 0 Å². The van der Waals surface area contributed by atoms with Crippen molar-refractivity contribution < 1.29 is 99.0 Å². The average Bonchev–Trinajstić information content (AvgIpc) is 3.28. The van der Waals surface area contributed by atoms with E-state index in [1.807, 2.05) is 0 Å². The van der Waals surface area contributed by atoms with Crippen LogP contribution < -0.4 is 30.6 Å². The molecule has 12 nitrogen and oxygen atoms in total. The minimum Gasteiger partial charge on any atom is -0.857 e. The maximum Gasteiger partial charge on any atom is 3.00 e. The van der Waals surface area contributed by atoms with Crippen LogP contribution in [-0.4, -0.2) is 96.5 Å². The monoisotopic (exact) mass is 1130 g/mol. The van der Waals surface area contributed by atoms with Gasteiger partial charge in [-0.3, -0.25) is 0 Å². The predicted octanol–water partition coefficient (Wildman–Crippen LogP) is 4.59. The first kappa shape index (κ1) is 75.3. The van der Waals surface area contributed by atoms with Gasteiger partial charge < -0.3 is 60.0 Å². The molecule has 0 aliphatic heterocycles. The fourth-order valence-electron chi connectivity index (χ4n) is 10.6. The third kappa shape index (κ3) is 44.3. The third-order valence-electron chi connectivity index (χ3n) is 12.5. The van der Waals surface area contributed by atoms with Crippen LogP contribution in [0.3, 0.4) is 0 Å². The van der Waals surface area contributed by atoms with Gasteiger partial charge in [0.05, 0.1) is 34.0 Å². The SMILES string of the molecule is C1CCC([PH+](C2CCCCC2)C2CCCCC2)CC1.C1CCC([PH+](C2CCCCC2)C2CCCCC2)CC1.CC(=O)[O-].CC(=O)[O-].CC(=O)[O-].CC(=O)[O-].CO.CO.C[O-].C[O-].[Ru+3].[Ru+3]. The fraction of sp³-hybridized carbons (Fsp3) is 0.917. The maximum absolute atomic E-state index is 8.89. The predicted molar refractivity (Wildman–Crippen MR) is 249 cm³/mol. The summed E-state index contributed by atoms with van der Waals surface area (Å²) < 4.78 is 0. The number of hydrogen-bond donors (Lipinski definition) is 2. The first-order valence-electron chi connectivity index (χ1n) is 24.0. The molecule has 0 spiro atoms. The molecule has 382 valence electrons. The van der Waals surface area contributed by atoms with Crippen molar-refractivity contribution in [2.24, 2.45) is 0 Å². The Labute approximate surface area is 419 Å². The summed E-state index contributed by atoms with van der Waals surface area (Å²) in [5, 5.41) is 66.1. The number of aliphatic carboxylic acids is 4. The van der Waals surface area contributed by atoms with Crippen molar-refractivity contribution in [3.63, 3.8) is 0 Å². The van der Waals surface area contributed by atoms with Crippen molar-refractivity contribution in [3.05, 3.63) is 0 Å². The molecule has 64 heavy (non-hydrogen) atoms. The van der Waals surface area contributed by atoms with Gasteiger partial charge in [-0.2, -0.15) is 14.2 Å². The Hall–Kier alpha value is -0.173. The molecule has 6 fully saturated rings. The number of carbonyl (C=O) groups is 4. The summed E-state index contributed by atoms with van der Waals surface area (Å²) in [6.45, 7) is 3.89. The van der Waals surface area contributed by atoms with Crippen LogP contribution >= 0.6 is 15.8 Å². The second-order valence-corrected chi connectivity index (χ2v) is 23.9. The summed E-state index contributed by atoms with van der Waals surface area (Å²) in [7, 11) is 3.41. The van der Waals surface area contributed by atoms with Crippen LogP contribution in [0.1, 0.15) is 220 Å². The zero-order valence-corrected chi connectivity index (χ0v) is 46.8. The Bertz CT molecular complexity index is 794. The second kappa shape index (κ2) is 55.4. The molecule has 0 aromatic rings. The van der Waals surface area contributed by atoms with E-state index in [2.05, 4.69) is 0 Å². The number of carboxylic acids is 4. The number of aliphatic hydroxyl groups excluding tert-OH is 2. The Morgan fingerprint density at radius 3 is 0.453 bits per heavy atom. The Balaban J connectivity index is -0.000000174. The Kier molecular flexibility index (Phi) is 65.2. The summed E-state index contributed by atoms with van der Waals surface area (Å²) in [4.78, 5) is 35.6. The largest absolute Gasteiger partial charge is 3.00 e. The molecule has 0 saturated heterocycles. The molecule has 6 aliphatic carbocycles. The number of carbonyl (C=O) groups excluding carboxylic acids is 4.